The highest BCUT2D eigenvalue weighted by atomic mass is 32.1. The maximum atomic E-state index is 6.08. The minimum atomic E-state index is 0.375. The van der Waals surface area contributed by atoms with Gasteiger partial charge >= 0.3 is 0 Å². The molecule has 3 atom stereocenters. The van der Waals surface area contributed by atoms with E-state index in [0.29, 0.717) is 23.5 Å². The molecular formula is C18H27N3OS. The summed E-state index contributed by atoms with van der Waals surface area (Å²) in [5.74, 6) is 1.65. The van der Waals surface area contributed by atoms with Crippen molar-refractivity contribution in [1.82, 2.24) is 10.6 Å². The highest BCUT2D eigenvalue weighted by Crippen LogP contribution is 2.60. The summed E-state index contributed by atoms with van der Waals surface area (Å²) >= 11 is 1.74. The van der Waals surface area contributed by atoms with Crippen molar-refractivity contribution < 1.29 is 4.74 Å². The van der Waals surface area contributed by atoms with Gasteiger partial charge in [-0.25, -0.2) is 4.99 Å². The molecule has 126 valence electrons. The van der Waals surface area contributed by atoms with Crippen LogP contribution < -0.4 is 10.6 Å². The zero-order valence-electron chi connectivity index (χ0n) is 13.9. The van der Waals surface area contributed by atoms with Gasteiger partial charge in [0.25, 0.3) is 0 Å². The molecule has 0 radical (unpaired) electrons. The fourth-order valence-corrected chi connectivity index (χ4v) is 5.58. The van der Waals surface area contributed by atoms with Crippen molar-refractivity contribution in [2.75, 3.05) is 13.2 Å². The molecule has 2 heterocycles. The molecule has 4 nitrogen and oxygen atoms in total. The van der Waals surface area contributed by atoms with Crippen LogP contribution in [0.25, 0.3) is 0 Å². The second-order valence-corrected chi connectivity index (χ2v) is 7.91. The van der Waals surface area contributed by atoms with Crippen molar-refractivity contribution in [2.45, 2.75) is 57.7 Å². The first kappa shape index (κ1) is 15.5. The molecule has 4 rings (SSSR count). The average Bonchev–Trinajstić information content (AvgIpc) is 3.30. The molecule has 2 saturated carbocycles. The summed E-state index contributed by atoms with van der Waals surface area (Å²) in [4.78, 5) is 4.81. The van der Waals surface area contributed by atoms with Crippen LogP contribution in [0.4, 0.5) is 0 Å². The lowest BCUT2D eigenvalue weighted by atomic mass is 9.54. The summed E-state index contributed by atoms with van der Waals surface area (Å²) < 4.78 is 6.08. The third kappa shape index (κ3) is 2.68. The Morgan fingerprint density at radius 2 is 2.30 bits per heavy atom. The van der Waals surface area contributed by atoms with E-state index in [1.54, 1.807) is 11.3 Å². The molecule has 5 heteroatoms. The van der Waals surface area contributed by atoms with E-state index >= 15 is 0 Å². The Balaban J connectivity index is 1.48. The summed E-state index contributed by atoms with van der Waals surface area (Å²) in [5.41, 5.74) is 1.66. The smallest absolute Gasteiger partial charge is 0.191 e. The molecule has 1 saturated heterocycles. The molecule has 3 unspecified atom stereocenters. The number of hydrogen-bond acceptors (Lipinski definition) is 3. The highest BCUT2D eigenvalue weighted by Gasteiger charge is 2.65. The van der Waals surface area contributed by atoms with Crippen molar-refractivity contribution in [3.05, 3.63) is 22.4 Å². The van der Waals surface area contributed by atoms with Crippen LogP contribution in [-0.4, -0.2) is 31.3 Å². The van der Waals surface area contributed by atoms with E-state index in [4.69, 9.17) is 9.73 Å². The van der Waals surface area contributed by atoms with E-state index < -0.39 is 0 Å². The minimum Gasteiger partial charge on any atom is -0.377 e. The van der Waals surface area contributed by atoms with Crippen molar-refractivity contribution in [1.29, 1.82) is 0 Å². The van der Waals surface area contributed by atoms with Crippen LogP contribution in [0.3, 0.4) is 0 Å². The summed E-state index contributed by atoms with van der Waals surface area (Å²) in [6.07, 6.45) is 7.04. The molecule has 0 bridgehead atoms. The summed E-state index contributed by atoms with van der Waals surface area (Å²) in [7, 11) is 0. The Hall–Kier alpha value is -1.07. The molecule has 0 amide bonds. The fourth-order valence-electron chi connectivity index (χ4n) is 4.92. The molecule has 1 aliphatic heterocycles. The SMILES string of the molecule is CCNC(=NCc1ccsc1)NC1C2CCOC2C12CCCC2. The van der Waals surface area contributed by atoms with Crippen LogP contribution in [0, 0.1) is 11.3 Å². The quantitative estimate of drug-likeness (QED) is 0.657. The van der Waals surface area contributed by atoms with Gasteiger partial charge in [0.1, 0.15) is 0 Å². The number of nitrogens with one attached hydrogen (secondary N) is 2. The normalized spacial score (nSPS) is 31.9. The predicted octanol–water partition coefficient (Wildman–Crippen LogP) is 3.15. The average molecular weight is 334 g/mol. The molecule has 1 aromatic heterocycles. The zero-order chi connectivity index (χ0) is 15.7. The third-order valence-electron chi connectivity index (χ3n) is 5.92. The number of guanidine groups is 1. The largest absolute Gasteiger partial charge is 0.377 e. The molecule has 1 aromatic rings. The van der Waals surface area contributed by atoms with Crippen molar-refractivity contribution in [3.8, 4) is 0 Å². The Morgan fingerprint density at radius 3 is 3.04 bits per heavy atom. The fraction of sp³-hybridized carbons (Fsp3) is 0.722. The predicted molar refractivity (Wildman–Crippen MR) is 94.8 cm³/mol. The summed E-state index contributed by atoms with van der Waals surface area (Å²) in [5, 5.41) is 11.5. The van der Waals surface area contributed by atoms with Gasteiger partial charge in [-0.2, -0.15) is 11.3 Å². The Kier molecular flexibility index (Phi) is 4.33. The zero-order valence-corrected chi connectivity index (χ0v) is 14.7. The Bertz CT molecular complexity index is 551. The van der Waals surface area contributed by atoms with Crippen LogP contribution >= 0.6 is 11.3 Å². The molecule has 3 fully saturated rings. The topological polar surface area (TPSA) is 45.7 Å². The maximum absolute atomic E-state index is 6.08. The summed E-state index contributed by atoms with van der Waals surface area (Å²) in [6, 6.07) is 2.69. The van der Waals surface area contributed by atoms with Gasteiger partial charge in [0.15, 0.2) is 5.96 Å². The van der Waals surface area contributed by atoms with Gasteiger partial charge in [-0.15, -0.1) is 0 Å². The first-order chi connectivity index (χ1) is 11.3. The van der Waals surface area contributed by atoms with Gasteiger partial charge in [-0.1, -0.05) is 12.8 Å². The van der Waals surface area contributed by atoms with E-state index in [1.807, 2.05) is 0 Å². The van der Waals surface area contributed by atoms with Gasteiger partial charge in [0, 0.05) is 30.5 Å². The van der Waals surface area contributed by atoms with E-state index in [9.17, 15) is 0 Å². The van der Waals surface area contributed by atoms with Gasteiger partial charge in [0.05, 0.1) is 12.6 Å². The van der Waals surface area contributed by atoms with Crippen molar-refractivity contribution in [3.63, 3.8) is 0 Å². The van der Waals surface area contributed by atoms with Crippen LogP contribution in [0.15, 0.2) is 21.8 Å². The lowest BCUT2D eigenvalue weighted by Gasteiger charge is -2.57. The van der Waals surface area contributed by atoms with E-state index in [2.05, 4.69) is 34.4 Å². The van der Waals surface area contributed by atoms with Crippen LogP contribution in [0.1, 0.15) is 44.6 Å². The van der Waals surface area contributed by atoms with Gasteiger partial charge < -0.3 is 15.4 Å². The number of ether oxygens (including phenoxy) is 1. The Labute approximate surface area is 142 Å². The number of rotatable bonds is 4. The number of fused-ring (bicyclic) bond motifs is 2. The Morgan fingerprint density at radius 1 is 1.43 bits per heavy atom. The molecule has 0 aromatic carbocycles. The second-order valence-electron chi connectivity index (χ2n) is 7.13. The van der Waals surface area contributed by atoms with Gasteiger partial charge in [-0.3, -0.25) is 0 Å². The van der Waals surface area contributed by atoms with Gasteiger partial charge in [0.2, 0.25) is 0 Å². The summed E-state index contributed by atoms with van der Waals surface area (Å²) in [6.45, 7) is 4.73. The molecule has 3 aliphatic rings. The molecule has 2 aliphatic carbocycles. The number of nitrogens with zero attached hydrogens (tertiary/aromatic N) is 1. The molecular weight excluding hydrogens is 306 g/mol. The molecule has 23 heavy (non-hydrogen) atoms. The highest BCUT2D eigenvalue weighted by molar-refractivity contribution is 7.07. The van der Waals surface area contributed by atoms with Crippen LogP contribution in [0.5, 0.6) is 0 Å². The number of aliphatic imine (C=N–C) groups is 1. The first-order valence-electron chi connectivity index (χ1n) is 9.01. The lowest BCUT2D eigenvalue weighted by Crippen LogP contribution is -2.69. The van der Waals surface area contributed by atoms with Crippen LogP contribution in [0.2, 0.25) is 0 Å². The first-order valence-corrected chi connectivity index (χ1v) is 9.95. The standard InChI is InChI=1S/C18H27N3OS/c1-2-19-17(20-11-13-6-10-23-12-13)21-15-14-5-9-22-16(14)18(15)7-3-4-8-18/h6,10,12,14-16H,2-5,7-9,11H2,1H3,(H2,19,20,21). The van der Waals surface area contributed by atoms with E-state index in [1.165, 1.54) is 37.7 Å². The maximum Gasteiger partial charge on any atom is 0.191 e. The molecule has 1 spiro atoms. The number of thiophene rings is 1. The number of hydrogen-bond donors (Lipinski definition) is 2. The third-order valence-corrected chi connectivity index (χ3v) is 6.65. The van der Waals surface area contributed by atoms with Crippen molar-refractivity contribution in [2.24, 2.45) is 16.3 Å². The minimum absolute atomic E-state index is 0.375. The lowest BCUT2D eigenvalue weighted by molar-refractivity contribution is -0.125. The van der Waals surface area contributed by atoms with E-state index in [-0.39, 0.29) is 0 Å². The van der Waals surface area contributed by atoms with Crippen molar-refractivity contribution >= 4 is 17.3 Å². The van der Waals surface area contributed by atoms with E-state index in [0.717, 1.165) is 25.7 Å². The monoisotopic (exact) mass is 333 g/mol. The van der Waals surface area contributed by atoms with Gasteiger partial charge in [-0.05, 0) is 48.6 Å². The van der Waals surface area contributed by atoms with Crippen LogP contribution in [-0.2, 0) is 11.3 Å². The molecule has 2 N–H and O–H groups in total. The second kappa shape index (κ2) is 6.44.